The average Bonchev–Trinajstić information content (AvgIpc) is 3.34. The minimum Gasteiger partial charge on any atom is -0.474 e. The largest absolute Gasteiger partial charge is 0.474 e. The Balaban J connectivity index is 1.37. The molecule has 0 N–H and O–H groups in total. The Bertz CT molecular complexity index is 965. The Labute approximate surface area is 169 Å². The second-order valence-electron chi connectivity index (χ2n) is 6.99. The zero-order chi connectivity index (χ0) is 19.3. The van der Waals surface area contributed by atoms with Crippen molar-refractivity contribution in [3.8, 4) is 0 Å². The molecule has 5 heteroatoms. The molecule has 0 radical (unpaired) electrons. The van der Waals surface area contributed by atoms with Crippen LogP contribution >= 0.6 is 11.8 Å². The number of nitrogens with zero attached hydrogens (tertiary/aromatic N) is 2. The molecule has 0 fully saturated rings. The van der Waals surface area contributed by atoms with E-state index in [2.05, 4.69) is 48.0 Å². The number of hydrogen-bond acceptors (Lipinski definition) is 3. The number of thioether (sulfide) groups is 1. The maximum Gasteiger partial charge on any atom is 0.233 e. The van der Waals surface area contributed by atoms with Crippen LogP contribution in [0.15, 0.2) is 71.9 Å². The molecule has 1 aliphatic heterocycles. The van der Waals surface area contributed by atoms with Gasteiger partial charge in [-0.05, 0) is 47.9 Å². The summed E-state index contributed by atoms with van der Waals surface area (Å²) in [5.74, 6) is 2.27. The molecule has 0 spiro atoms. The SMILES string of the molecule is Cc1ccccc1Cn1cccc1C1=N[C@H](CSCc2ccc(F)cc2)CO1. The van der Waals surface area contributed by atoms with E-state index in [0.717, 1.165) is 35.2 Å². The summed E-state index contributed by atoms with van der Waals surface area (Å²) in [6.45, 7) is 3.55. The third-order valence-electron chi connectivity index (χ3n) is 4.86. The van der Waals surface area contributed by atoms with Crippen molar-refractivity contribution in [1.82, 2.24) is 4.57 Å². The van der Waals surface area contributed by atoms with Crippen LogP contribution in [0.1, 0.15) is 22.4 Å². The number of aliphatic imine (C=N–C) groups is 1. The molecule has 1 atom stereocenters. The lowest BCUT2D eigenvalue weighted by molar-refractivity contribution is 0.323. The standard InChI is InChI=1S/C23H23FN2OS/c1-17-5-2-3-6-19(17)13-26-12-4-7-22(26)23-25-21(14-27-23)16-28-15-18-8-10-20(24)11-9-18/h2-12,21H,13-16H2,1H3/t21-/m0/s1. The molecule has 3 nitrogen and oxygen atoms in total. The molecular weight excluding hydrogens is 371 g/mol. The van der Waals surface area contributed by atoms with Crippen molar-refractivity contribution in [3.05, 3.63) is 95.1 Å². The molecule has 2 heterocycles. The van der Waals surface area contributed by atoms with Gasteiger partial charge in [0.05, 0.1) is 6.04 Å². The molecule has 28 heavy (non-hydrogen) atoms. The Kier molecular flexibility index (Phi) is 5.81. The highest BCUT2D eigenvalue weighted by Crippen LogP contribution is 2.20. The van der Waals surface area contributed by atoms with Crippen LogP contribution in [-0.2, 0) is 17.0 Å². The van der Waals surface area contributed by atoms with Gasteiger partial charge in [-0.3, -0.25) is 0 Å². The van der Waals surface area contributed by atoms with E-state index >= 15 is 0 Å². The van der Waals surface area contributed by atoms with Gasteiger partial charge in [0.1, 0.15) is 18.1 Å². The maximum absolute atomic E-state index is 13.0. The van der Waals surface area contributed by atoms with E-state index < -0.39 is 0 Å². The van der Waals surface area contributed by atoms with Gasteiger partial charge in [-0.15, -0.1) is 0 Å². The molecule has 0 unspecified atom stereocenters. The number of aromatic nitrogens is 1. The number of aryl methyl sites for hydroxylation is 1. The van der Waals surface area contributed by atoms with Gasteiger partial charge in [-0.25, -0.2) is 9.38 Å². The van der Waals surface area contributed by atoms with E-state index in [-0.39, 0.29) is 11.9 Å². The van der Waals surface area contributed by atoms with Gasteiger partial charge in [-0.2, -0.15) is 11.8 Å². The molecule has 1 aromatic heterocycles. The molecule has 3 aromatic rings. The molecule has 4 rings (SSSR count). The van der Waals surface area contributed by atoms with Gasteiger partial charge in [0.25, 0.3) is 0 Å². The fraction of sp³-hybridized carbons (Fsp3) is 0.261. The van der Waals surface area contributed by atoms with Crippen molar-refractivity contribution in [2.45, 2.75) is 25.3 Å². The second-order valence-corrected chi connectivity index (χ2v) is 8.02. The zero-order valence-corrected chi connectivity index (χ0v) is 16.7. The first-order valence-corrected chi connectivity index (χ1v) is 10.6. The van der Waals surface area contributed by atoms with Crippen LogP contribution < -0.4 is 0 Å². The normalized spacial score (nSPS) is 16.1. The molecular formula is C23H23FN2OS. The smallest absolute Gasteiger partial charge is 0.233 e. The van der Waals surface area contributed by atoms with Crippen LogP contribution in [0.5, 0.6) is 0 Å². The van der Waals surface area contributed by atoms with E-state index in [1.807, 2.05) is 18.2 Å². The third kappa shape index (κ3) is 4.47. The quantitative estimate of drug-likeness (QED) is 0.560. The lowest BCUT2D eigenvalue weighted by Crippen LogP contribution is -2.11. The van der Waals surface area contributed by atoms with Crippen LogP contribution in [0.25, 0.3) is 0 Å². The molecule has 0 saturated heterocycles. The summed E-state index contributed by atoms with van der Waals surface area (Å²) in [5, 5.41) is 0. The summed E-state index contributed by atoms with van der Waals surface area (Å²) >= 11 is 1.80. The summed E-state index contributed by atoms with van der Waals surface area (Å²) in [4.78, 5) is 4.79. The number of hydrogen-bond donors (Lipinski definition) is 0. The number of benzene rings is 2. The summed E-state index contributed by atoms with van der Waals surface area (Å²) in [6.07, 6.45) is 2.07. The molecule has 0 bridgehead atoms. The van der Waals surface area contributed by atoms with Crippen molar-refractivity contribution in [2.75, 3.05) is 12.4 Å². The summed E-state index contributed by atoms with van der Waals surface area (Å²) < 4.78 is 21.1. The first-order valence-electron chi connectivity index (χ1n) is 9.42. The fourth-order valence-electron chi connectivity index (χ4n) is 3.25. The van der Waals surface area contributed by atoms with Gasteiger partial charge in [0, 0.05) is 24.2 Å². The average molecular weight is 395 g/mol. The van der Waals surface area contributed by atoms with E-state index in [1.54, 1.807) is 11.8 Å². The minimum atomic E-state index is -0.194. The van der Waals surface area contributed by atoms with Crippen LogP contribution in [0.2, 0.25) is 0 Å². The Hall–Kier alpha value is -2.53. The lowest BCUT2D eigenvalue weighted by Gasteiger charge is -2.11. The van der Waals surface area contributed by atoms with Crippen LogP contribution in [0, 0.1) is 12.7 Å². The molecule has 144 valence electrons. The highest BCUT2D eigenvalue weighted by atomic mass is 32.2. The fourth-order valence-corrected chi connectivity index (χ4v) is 4.24. The molecule has 0 amide bonds. The van der Waals surface area contributed by atoms with Gasteiger partial charge in [0.15, 0.2) is 0 Å². The molecule has 1 aliphatic rings. The van der Waals surface area contributed by atoms with Crippen molar-refractivity contribution >= 4 is 17.7 Å². The van der Waals surface area contributed by atoms with Crippen LogP contribution in [0.3, 0.4) is 0 Å². The minimum absolute atomic E-state index is 0.155. The van der Waals surface area contributed by atoms with Gasteiger partial charge in [0.2, 0.25) is 5.90 Å². The van der Waals surface area contributed by atoms with Gasteiger partial charge in [-0.1, -0.05) is 36.4 Å². The third-order valence-corrected chi connectivity index (χ3v) is 6.01. The van der Waals surface area contributed by atoms with Crippen molar-refractivity contribution in [1.29, 1.82) is 0 Å². The van der Waals surface area contributed by atoms with Crippen molar-refractivity contribution in [3.63, 3.8) is 0 Å². The Morgan fingerprint density at radius 2 is 1.93 bits per heavy atom. The van der Waals surface area contributed by atoms with Gasteiger partial charge < -0.3 is 9.30 Å². The molecule has 0 aliphatic carbocycles. The highest BCUT2D eigenvalue weighted by Gasteiger charge is 2.22. The maximum atomic E-state index is 13.0. The number of rotatable bonds is 7. The Morgan fingerprint density at radius 1 is 1.11 bits per heavy atom. The second kappa shape index (κ2) is 8.65. The molecule has 0 saturated carbocycles. The van der Waals surface area contributed by atoms with Crippen LogP contribution in [0.4, 0.5) is 4.39 Å². The van der Waals surface area contributed by atoms with E-state index in [9.17, 15) is 4.39 Å². The van der Waals surface area contributed by atoms with E-state index in [4.69, 9.17) is 9.73 Å². The predicted octanol–water partition coefficient (Wildman–Crippen LogP) is 5.06. The molecule has 2 aromatic carbocycles. The zero-order valence-electron chi connectivity index (χ0n) is 15.8. The summed E-state index contributed by atoms with van der Waals surface area (Å²) in [6, 6.07) is 19.4. The van der Waals surface area contributed by atoms with Gasteiger partial charge >= 0.3 is 0 Å². The topological polar surface area (TPSA) is 26.5 Å². The van der Waals surface area contributed by atoms with Crippen LogP contribution in [-0.4, -0.2) is 28.9 Å². The Morgan fingerprint density at radius 3 is 2.75 bits per heavy atom. The first-order chi connectivity index (χ1) is 13.7. The monoisotopic (exact) mass is 394 g/mol. The lowest BCUT2D eigenvalue weighted by atomic mass is 10.1. The van der Waals surface area contributed by atoms with Crippen molar-refractivity contribution < 1.29 is 9.13 Å². The van der Waals surface area contributed by atoms with Crippen molar-refractivity contribution in [2.24, 2.45) is 4.99 Å². The predicted molar refractivity (Wildman–Crippen MR) is 114 cm³/mol. The highest BCUT2D eigenvalue weighted by molar-refractivity contribution is 7.98. The summed E-state index contributed by atoms with van der Waals surface area (Å²) in [7, 11) is 0. The first kappa shape index (κ1) is 18.8. The van der Waals surface area contributed by atoms with E-state index in [1.165, 1.54) is 23.3 Å². The van der Waals surface area contributed by atoms with E-state index in [0.29, 0.717) is 6.61 Å². The number of halogens is 1. The summed E-state index contributed by atoms with van der Waals surface area (Å²) in [5.41, 5.74) is 4.73. The number of ether oxygens (including phenoxy) is 1.